The second kappa shape index (κ2) is 9.92. The van der Waals surface area contributed by atoms with Crippen molar-refractivity contribution in [2.45, 2.75) is 12.0 Å². The maximum absolute atomic E-state index is 5.20. The zero-order valence-electron chi connectivity index (χ0n) is 24.0. The van der Waals surface area contributed by atoms with Gasteiger partial charge in [0.25, 0.3) is 0 Å². The quantitative estimate of drug-likeness (QED) is 0.213. The molecule has 7 aromatic rings. The number of nitrogens with zero attached hydrogens (tertiary/aromatic N) is 4. The molecule has 1 aliphatic carbocycles. The second-order valence-corrected chi connectivity index (χ2v) is 11.4. The van der Waals surface area contributed by atoms with E-state index in [0.29, 0.717) is 0 Å². The Balaban J connectivity index is 1.26. The molecule has 44 heavy (non-hydrogen) atoms. The predicted octanol–water partition coefficient (Wildman–Crippen LogP) is 9.64. The molecular weight excluding hydrogens is 536 g/mol. The van der Waals surface area contributed by atoms with E-state index in [0.717, 1.165) is 45.2 Å². The van der Waals surface area contributed by atoms with Gasteiger partial charge in [0.2, 0.25) is 0 Å². The van der Waals surface area contributed by atoms with Gasteiger partial charge >= 0.3 is 0 Å². The first-order valence-electron chi connectivity index (χ1n) is 15.1. The molecule has 0 N–H and O–H groups in total. The van der Waals surface area contributed by atoms with Crippen LogP contribution in [-0.4, -0.2) is 20.6 Å². The van der Waals surface area contributed by atoms with Crippen molar-refractivity contribution < 1.29 is 0 Å². The Hall–Kier alpha value is -5.74. The Kier molecular flexibility index (Phi) is 5.60. The van der Waals surface area contributed by atoms with Crippen molar-refractivity contribution in [3.8, 4) is 28.3 Å². The number of fused-ring (bicyclic) bond motifs is 6. The lowest BCUT2D eigenvalue weighted by atomic mass is 9.91. The van der Waals surface area contributed by atoms with Gasteiger partial charge in [0.15, 0.2) is 0 Å². The Bertz CT molecular complexity index is 2250. The minimum Gasteiger partial charge on any atom is -0.318 e. The van der Waals surface area contributed by atoms with E-state index in [2.05, 4.69) is 155 Å². The van der Waals surface area contributed by atoms with Gasteiger partial charge in [-0.3, -0.25) is 4.57 Å². The fraction of sp³-hybridized carbons (Fsp3) is 0.0500. The number of anilines is 2. The van der Waals surface area contributed by atoms with E-state index in [4.69, 9.17) is 9.97 Å². The molecule has 4 heteroatoms. The number of para-hydroxylation sites is 1. The van der Waals surface area contributed by atoms with Gasteiger partial charge in [-0.05, 0) is 48.0 Å². The molecule has 208 valence electrons. The molecule has 2 atom stereocenters. The first-order valence-corrected chi connectivity index (χ1v) is 15.1. The van der Waals surface area contributed by atoms with Crippen LogP contribution in [0.3, 0.4) is 0 Å². The predicted molar refractivity (Wildman–Crippen MR) is 181 cm³/mol. The van der Waals surface area contributed by atoms with Gasteiger partial charge < -0.3 is 4.90 Å². The molecule has 0 spiro atoms. The van der Waals surface area contributed by atoms with Crippen molar-refractivity contribution in [1.82, 2.24) is 14.5 Å². The molecule has 0 saturated heterocycles. The smallest absolute Gasteiger partial charge is 0.138 e. The van der Waals surface area contributed by atoms with E-state index in [9.17, 15) is 0 Å². The van der Waals surface area contributed by atoms with Crippen LogP contribution >= 0.6 is 0 Å². The standard InChI is InChI=1S/C40H28N4/c1-3-13-27(14-4-1)33-19-11-23-39(41-33)43-35-21-9-7-17-29(35)31-26-38-32(25-37(31)43)30-18-8-10-22-36(30)44(38)40-24-12-20-34(42-40)28-15-5-2-6-16-28/h1-26,29,35H. The van der Waals surface area contributed by atoms with E-state index in [1.807, 2.05) is 12.1 Å². The summed E-state index contributed by atoms with van der Waals surface area (Å²) < 4.78 is 2.33. The third-order valence-electron chi connectivity index (χ3n) is 8.93. The molecule has 0 amide bonds. The molecule has 4 aromatic carbocycles. The Labute approximate surface area is 255 Å². The van der Waals surface area contributed by atoms with E-state index in [-0.39, 0.29) is 12.0 Å². The molecule has 0 fully saturated rings. The second-order valence-electron chi connectivity index (χ2n) is 11.4. The number of hydrogen-bond acceptors (Lipinski definition) is 3. The zero-order valence-corrected chi connectivity index (χ0v) is 24.0. The maximum atomic E-state index is 5.20. The van der Waals surface area contributed by atoms with E-state index >= 15 is 0 Å². The van der Waals surface area contributed by atoms with Crippen molar-refractivity contribution in [2.24, 2.45) is 0 Å². The summed E-state index contributed by atoms with van der Waals surface area (Å²) in [6.07, 6.45) is 8.98. The monoisotopic (exact) mass is 564 g/mol. The Morgan fingerprint density at radius 3 is 1.89 bits per heavy atom. The first kappa shape index (κ1) is 24.8. The summed E-state index contributed by atoms with van der Waals surface area (Å²) in [4.78, 5) is 12.8. The van der Waals surface area contributed by atoms with Crippen molar-refractivity contribution in [3.63, 3.8) is 0 Å². The minimum absolute atomic E-state index is 0.152. The highest BCUT2D eigenvalue weighted by molar-refractivity contribution is 6.11. The van der Waals surface area contributed by atoms with Gasteiger partial charge in [-0.2, -0.15) is 0 Å². The minimum atomic E-state index is 0.152. The fourth-order valence-corrected chi connectivity index (χ4v) is 6.95. The topological polar surface area (TPSA) is 34.0 Å². The number of pyridine rings is 2. The lowest BCUT2D eigenvalue weighted by Crippen LogP contribution is -2.29. The number of hydrogen-bond donors (Lipinski definition) is 0. The highest BCUT2D eigenvalue weighted by Gasteiger charge is 2.39. The summed E-state index contributed by atoms with van der Waals surface area (Å²) in [5, 5.41) is 2.42. The van der Waals surface area contributed by atoms with Gasteiger partial charge in [-0.15, -0.1) is 0 Å². The van der Waals surface area contributed by atoms with Crippen LogP contribution in [0.1, 0.15) is 11.5 Å². The molecule has 4 heterocycles. The normalized spacial score (nSPS) is 16.9. The van der Waals surface area contributed by atoms with E-state index in [1.165, 1.54) is 22.0 Å². The Morgan fingerprint density at radius 2 is 1.14 bits per heavy atom. The molecule has 0 saturated carbocycles. The molecular formula is C40H28N4. The summed E-state index contributed by atoms with van der Waals surface area (Å²) in [5.41, 5.74) is 8.99. The van der Waals surface area contributed by atoms with Crippen LogP contribution in [0.5, 0.6) is 0 Å². The summed E-state index contributed by atoms with van der Waals surface area (Å²) >= 11 is 0. The van der Waals surface area contributed by atoms with Crippen LogP contribution < -0.4 is 4.90 Å². The van der Waals surface area contributed by atoms with Crippen molar-refractivity contribution >= 4 is 33.3 Å². The van der Waals surface area contributed by atoms with Crippen LogP contribution in [0.2, 0.25) is 0 Å². The molecule has 0 radical (unpaired) electrons. The zero-order chi connectivity index (χ0) is 29.0. The maximum Gasteiger partial charge on any atom is 0.138 e. The van der Waals surface area contributed by atoms with Crippen LogP contribution in [0, 0.1) is 0 Å². The van der Waals surface area contributed by atoms with Crippen LogP contribution in [-0.2, 0) is 0 Å². The van der Waals surface area contributed by atoms with Gasteiger partial charge in [0.05, 0.1) is 28.5 Å². The fourth-order valence-electron chi connectivity index (χ4n) is 6.95. The van der Waals surface area contributed by atoms with Crippen molar-refractivity contribution in [3.05, 3.63) is 163 Å². The van der Waals surface area contributed by atoms with E-state index < -0.39 is 0 Å². The van der Waals surface area contributed by atoms with Crippen molar-refractivity contribution in [1.29, 1.82) is 0 Å². The molecule has 4 nitrogen and oxygen atoms in total. The average molecular weight is 565 g/mol. The lowest BCUT2D eigenvalue weighted by Gasteiger charge is -2.28. The summed E-state index contributed by atoms with van der Waals surface area (Å²) in [6, 6.07) is 47.1. The van der Waals surface area contributed by atoms with Crippen molar-refractivity contribution in [2.75, 3.05) is 4.90 Å². The lowest BCUT2D eigenvalue weighted by molar-refractivity contribution is 0.738. The van der Waals surface area contributed by atoms with Crippen LogP contribution in [0.15, 0.2) is 158 Å². The number of benzene rings is 4. The van der Waals surface area contributed by atoms with E-state index in [1.54, 1.807) is 0 Å². The highest BCUT2D eigenvalue weighted by atomic mass is 15.2. The highest BCUT2D eigenvalue weighted by Crippen LogP contribution is 2.50. The van der Waals surface area contributed by atoms with Crippen LogP contribution in [0.4, 0.5) is 11.5 Å². The Morgan fingerprint density at radius 1 is 0.500 bits per heavy atom. The average Bonchev–Trinajstić information content (AvgIpc) is 3.60. The third kappa shape index (κ3) is 3.85. The van der Waals surface area contributed by atoms with Gasteiger partial charge in [0, 0.05) is 33.5 Å². The number of aromatic nitrogens is 3. The third-order valence-corrected chi connectivity index (χ3v) is 8.93. The number of allylic oxidation sites excluding steroid dienone is 2. The van der Waals surface area contributed by atoms with Gasteiger partial charge in [0.1, 0.15) is 11.6 Å². The summed E-state index contributed by atoms with van der Waals surface area (Å²) in [7, 11) is 0. The summed E-state index contributed by atoms with van der Waals surface area (Å²) in [5.74, 6) is 2.09. The number of rotatable bonds is 4. The molecule has 3 aromatic heterocycles. The van der Waals surface area contributed by atoms with Crippen LogP contribution in [0.25, 0.3) is 50.1 Å². The molecule has 2 unspecified atom stereocenters. The SMILES string of the molecule is C1=CC2c3cc4c(cc3N(c3cccc(-c5ccccc5)n3)C2C=C1)c1ccccc1n4-c1cccc(-c2ccccc2)n1. The molecule has 2 aliphatic rings. The largest absolute Gasteiger partial charge is 0.318 e. The summed E-state index contributed by atoms with van der Waals surface area (Å²) in [6.45, 7) is 0. The van der Waals surface area contributed by atoms with Gasteiger partial charge in [-0.1, -0.05) is 115 Å². The van der Waals surface area contributed by atoms with Gasteiger partial charge in [-0.25, -0.2) is 9.97 Å². The first-order chi connectivity index (χ1) is 21.8. The molecule has 1 aliphatic heterocycles. The molecule has 9 rings (SSSR count). The molecule has 0 bridgehead atoms.